The van der Waals surface area contributed by atoms with Gasteiger partial charge >= 0.3 is 0 Å². The van der Waals surface area contributed by atoms with Crippen LogP contribution in [0.3, 0.4) is 0 Å². The van der Waals surface area contributed by atoms with Crippen molar-refractivity contribution in [1.29, 1.82) is 0 Å². The molecule has 4 aliphatic carbocycles. The first kappa shape index (κ1) is 28.1. The summed E-state index contributed by atoms with van der Waals surface area (Å²) in [5, 5.41) is 0. The van der Waals surface area contributed by atoms with Crippen molar-refractivity contribution in [2.24, 2.45) is 22.7 Å². The molecule has 202 valence electrons. The average molecular weight is 511 g/mol. The summed E-state index contributed by atoms with van der Waals surface area (Å²) in [6.07, 6.45) is 22.6. The highest BCUT2D eigenvalue weighted by Crippen LogP contribution is 2.63. The predicted octanol–water partition coefficient (Wildman–Crippen LogP) is 9.56. The molecule has 0 unspecified atom stereocenters. The van der Waals surface area contributed by atoms with Gasteiger partial charge in [-0.15, -0.1) is 0 Å². The second kappa shape index (κ2) is 11.1. The molecule has 0 aromatic carbocycles. The monoisotopic (exact) mass is 510 g/mol. The standard InChI is InChI=1S/C33H54O2Si/c1-8-36(9-2,10-3)35-31(4,5)21-13-24-34-25-20-27-16-18-29-28-17-15-26-14-11-12-22-32(26,6)30(28)19-23-33(27,29)7/h13,15-17,21,29-30H,8-12,14,18-20,22-25H2,1-7H3/b21-13-/t29-,30-,32-,33+/m0/s1. The van der Waals surface area contributed by atoms with Crippen molar-refractivity contribution in [2.45, 2.75) is 124 Å². The molecule has 0 heterocycles. The molecule has 4 atom stereocenters. The Hall–Kier alpha value is -0.903. The molecule has 0 radical (unpaired) electrons. The zero-order valence-electron chi connectivity index (χ0n) is 24.6. The molecule has 2 nitrogen and oxygen atoms in total. The average Bonchev–Trinajstić information content (AvgIpc) is 3.20. The molecule has 0 aliphatic heterocycles. The van der Waals surface area contributed by atoms with Crippen molar-refractivity contribution in [3.05, 3.63) is 47.1 Å². The minimum absolute atomic E-state index is 0.206. The molecular weight excluding hydrogens is 456 g/mol. The zero-order valence-corrected chi connectivity index (χ0v) is 25.6. The molecule has 4 rings (SSSR count). The van der Waals surface area contributed by atoms with Crippen LogP contribution < -0.4 is 0 Å². The Kier molecular flexibility index (Phi) is 8.64. The van der Waals surface area contributed by atoms with E-state index >= 15 is 0 Å². The minimum Gasteiger partial charge on any atom is -0.409 e. The molecule has 0 aromatic heterocycles. The van der Waals surface area contributed by atoms with Crippen LogP contribution in [0.2, 0.25) is 18.1 Å². The second-order valence-electron chi connectivity index (χ2n) is 13.2. The summed E-state index contributed by atoms with van der Waals surface area (Å²) in [5.74, 6) is 1.49. The van der Waals surface area contributed by atoms with Crippen LogP contribution in [0.4, 0.5) is 0 Å². The third kappa shape index (κ3) is 5.31. The first-order chi connectivity index (χ1) is 17.1. The SMILES string of the molecule is CC[Si](CC)(CC)OC(C)(C)/C=C\COCCC1=CC[C@H]2C3=CC=C4CCCC[C@]4(C)[C@H]3CC[C@]12C. The van der Waals surface area contributed by atoms with E-state index in [-0.39, 0.29) is 5.60 Å². The Morgan fingerprint density at radius 2 is 1.75 bits per heavy atom. The first-order valence-electron chi connectivity index (χ1n) is 15.2. The largest absolute Gasteiger partial charge is 0.409 e. The maximum absolute atomic E-state index is 6.69. The van der Waals surface area contributed by atoms with E-state index < -0.39 is 8.32 Å². The van der Waals surface area contributed by atoms with Gasteiger partial charge < -0.3 is 9.16 Å². The molecule has 2 saturated carbocycles. The quantitative estimate of drug-likeness (QED) is 0.156. The summed E-state index contributed by atoms with van der Waals surface area (Å²) in [6.45, 7) is 18.0. The van der Waals surface area contributed by atoms with Crippen molar-refractivity contribution in [3.63, 3.8) is 0 Å². The predicted molar refractivity (Wildman–Crippen MR) is 157 cm³/mol. The van der Waals surface area contributed by atoms with Crippen molar-refractivity contribution in [3.8, 4) is 0 Å². The van der Waals surface area contributed by atoms with Crippen molar-refractivity contribution in [1.82, 2.24) is 0 Å². The van der Waals surface area contributed by atoms with Gasteiger partial charge in [-0.1, -0.05) is 88.1 Å². The number of fused-ring (bicyclic) bond motifs is 5. The van der Waals surface area contributed by atoms with Crippen LogP contribution in [0, 0.1) is 22.7 Å². The topological polar surface area (TPSA) is 18.5 Å². The van der Waals surface area contributed by atoms with E-state index in [4.69, 9.17) is 9.16 Å². The smallest absolute Gasteiger partial charge is 0.193 e. The van der Waals surface area contributed by atoms with Gasteiger partial charge in [-0.25, -0.2) is 0 Å². The normalized spacial score (nSPS) is 32.5. The van der Waals surface area contributed by atoms with Crippen molar-refractivity contribution in [2.75, 3.05) is 13.2 Å². The van der Waals surface area contributed by atoms with Crippen LogP contribution in [-0.2, 0) is 9.16 Å². The summed E-state index contributed by atoms with van der Waals surface area (Å²) in [6, 6.07) is 3.57. The number of hydrogen-bond donors (Lipinski definition) is 0. The lowest BCUT2D eigenvalue weighted by molar-refractivity contribution is 0.104. The lowest BCUT2D eigenvalue weighted by Gasteiger charge is -2.54. The van der Waals surface area contributed by atoms with E-state index in [0.29, 0.717) is 23.4 Å². The first-order valence-corrected chi connectivity index (χ1v) is 17.7. The summed E-state index contributed by atoms with van der Waals surface area (Å²) in [4.78, 5) is 0. The van der Waals surface area contributed by atoms with E-state index in [1.807, 2.05) is 0 Å². The third-order valence-electron chi connectivity index (χ3n) is 10.9. The fourth-order valence-corrected chi connectivity index (χ4v) is 11.4. The Balaban J connectivity index is 1.29. The summed E-state index contributed by atoms with van der Waals surface area (Å²) >= 11 is 0. The van der Waals surface area contributed by atoms with E-state index in [9.17, 15) is 0 Å². The number of rotatable bonds is 11. The maximum Gasteiger partial charge on any atom is 0.193 e. The molecule has 3 heteroatoms. The highest BCUT2D eigenvalue weighted by Gasteiger charge is 2.53. The van der Waals surface area contributed by atoms with Crippen LogP contribution in [0.1, 0.15) is 99.8 Å². The Morgan fingerprint density at radius 1 is 1.00 bits per heavy atom. The van der Waals surface area contributed by atoms with Gasteiger partial charge in [-0.05, 0) is 99.6 Å². The third-order valence-corrected chi connectivity index (χ3v) is 15.7. The van der Waals surface area contributed by atoms with Crippen LogP contribution in [0.15, 0.2) is 47.1 Å². The van der Waals surface area contributed by atoms with Crippen LogP contribution in [0.5, 0.6) is 0 Å². The number of ether oxygens (including phenoxy) is 1. The van der Waals surface area contributed by atoms with Gasteiger partial charge in [-0.2, -0.15) is 0 Å². The molecule has 0 amide bonds. The molecule has 0 aromatic rings. The maximum atomic E-state index is 6.69. The fourth-order valence-electron chi connectivity index (χ4n) is 8.32. The Bertz CT molecular complexity index is 896. The lowest BCUT2D eigenvalue weighted by Crippen LogP contribution is -2.44. The molecular formula is C33H54O2Si. The second-order valence-corrected chi connectivity index (χ2v) is 17.9. The summed E-state index contributed by atoms with van der Waals surface area (Å²) in [5.41, 5.74) is 5.75. The van der Waals surface area contributed by atoms with Gasteiger partial charge in [-0.3, -0.25) is 0 Å². The molecule has 4 aliphatic rings. The van der Waals surface area contributed by atoms with Crippen molar-refractivity contribution < 1.29 is 9.16 Å². The van der Waals surface area contributed by atoms with E-state index in [1.165, 1.54) is 63.1 Å². The molecule has 0 N–H and O–H groups in total. The highest BCUT2D eigenvalue weighted by molar-refractivity contribution is 6.73. The van der Waals surface area contributed by atoms with Crippen molar-refractivity contribution >= 4 is 8.32 Å². The lowest BCUT2D eigenvalue weighted by atomic mass is 9.50. The number of hydrogen-bond acceptors (Lipinski definition) is 2. The van der Waals surface area contributed by atoms with Gasteiger partial charge in [0.15, 0.2) is 8.32 Å². The molecule has 0 spiro atoms. The van der Waals surface area contributed by atoms with E-state index in [2.05, 4.69) is 78.8 Å². The van der Waals surface area contributed by atoms with Gasteiger partial charge in [0.2, 0.25) is 0 Å². The van der Waals surface area contributed by atoms with Gasteiger partial charge in [0.1, 0.15) is 0 Å². The van der Waals surface area contributed by atoms with Crippen LogP contribution >= 0.6 is 0 Å². The zero-order chi connectivity index (χ0) is 26.0. The van der Waals surface area contributed by atoms with E-state index in [0.717, 1.165) is 18.9 Å². The number of allylic oxidation sites excluding steroid dienone is 5. The van der Waals surface area contributed by atoms with Gasteiger partial charge in [0.25, 0.3) is 0 Å². The minimum atomic E-state index is -1.61. The van der Waals surface area contributed by atoms with Crippen LogP contribution in [-0.4, -0.2) is 27.1 Å². The Morgan fingerprint density at radius 3 is 2.47 bits per heavy atom. The fraction of sp³-hybridized carbons (Fsp3) is 0.758. The Labute approximate surface area is 223 Å². The summed E-state index contributed by atoms with van der Waals surface area (Å²) in [7, 11) is -1.61. The summed E-state index contributed by atoms with van der Waals surface area (Å²) < 4.78 is 12.8. The molecule has 36 heavy (non-hydrogen) atoms. The molecule has 0 bridgehead atoms. The van der Waals surface area contributed by atoms with Crippen LogP contribution in [0.25, 0.3) is 0 Å². The van der Waals surface area contributed by atoms with E-state index in [1.54, 1.807) is 16.7 Å². The van der Waals surface area contributed by atoms with Gasteiger partial charge in [0, 0.05) is 0 Å². The van der Waals surface area contributed by atoms with Gasteiger partial charge in [0.05, 0.1) is 18.8 Å². The molecule has 2 fully saturated rings. The highest BCUT2D eigenvalue weighted by atomic mass is 28.4. The molecule has 0 saturated heterocycles.